The molecule has 0 radical (unpaired) electrons. The van der Waals surface area contributed by atoms with Crippen molar-refractivity contribution in [2.45, 2.75) is 50.5 Å². The first-order chi connectivity index (χ1) is 11.1. The smallest absolute Gasteiger partial charge is 0.227 e. The lowest BCUT2D eigenvalue weighted by atomic mass is 9.85. The number of carbonyl (C=O) groups excluding carboxylic acids is 1. The summed E-state index contributed by atoms with van der Waals surface area (Å²) in [5.74, 6) is 0.741. The van der Waals surface area contributed by atoms with Crippen molar-refractivity contribution in [3.05, 3.63) is 24.5 Å². The van der Waals surface area contributed by atoms with E-state index in [1.807, 2.05) is 0 Å². The van der Waals surface area contributed by atoms with Crippen molar-refractivity contribution in [1.82, 2.24) is 15.5 Å². The van der Waals surface area contributed by atoms with E-state index in [-0.39, 0.29) is 12.3 Å². The van der Waals surface area contributed by atoms with Crippen LogP contribution in [0.4, 0.5) is 0 Å². The zero-order valence-corrected chi connectivity index (χ0v) is 13.0. The number of nitrogens with zero attached hydrogens (tertiary/aromatic N) is 2. The molecule has 7 heteroatoms. The fraction of sp³-hybridized carbons (Fsp3) is 0.562. The SMILES string of the molecule is O=C(CCc1nc(-c2ccoc2)no1)NCC1(O)CCCCC1. The molecule has 23 heavy (non-hydrogen) atoms. The van der Waals surface area contributed by atoms with E-state index in [0.29, 0.717) is 24.7 Å². The molecule has 0 aromatic carbocycles. The summed E-state index contributed by atoms with van der Waals surface area (Å²) >= 11 is 0. The quantitative estimate of drug-likeness (QED) is 0.845. The van der Waals surface area contributed by atoms with Crippen LogP contribution in [-0.2, 0) is 11.2 Å². The van der Waals surface area contributed by atoms with Gasteiger partial charge in [-0.25, -0.2) is 0 Å². The lowest BCUT2D eigenvalue weighted by Gasteiger charge is -2.32. The Morgan fingerprint density at radius 1 is 1.35 bits per heavy atom. The minimum Gasteiger partial charge on any atom is -0.472 e. The Morgan fingerprint density at radius 3 is 2.91 bits per heavy atom. The third-order valence-electron chi connectivity index (χ3n) is 4.21. The maximum absolute atomic E-state index is 11.9. The van der Waals surface area contributed by atoms with E-state index in [4.69, 9.17) is 8.94 Å². The monoisotopic (exact) mass is 319 g/mol. The highest BCUT2D eigenvalue weighted by atomic mass is 16.5. The van der Waals surface area contributed by atoms with E-state index in [2.05, 4.69) is 15.5 Å². The summed E-state index contributed by atoms with van der Waals surface area (Å²) in [6.07, 6.45) is 8.40. The van der Waals surface area contributed by atoms with E-state index in [0.717, 1.165) is 37.7 Å². The van der Waals surface area contributed by atoms with Crippen LogP contribution in [0.5, 0.6) is 0 Å². The molecule has 3 rings (SSSR count). The van der Waals surface area contributed by atoms with E-state index < -0.39 is 5.60 Å². The number of nitrogens with one attached hydrogen (secondary N) is 1. The zero-order valence-electron chi connectivity index (χ0n) is 13.0. The van der Waals surface area contributed by atoms with E-state index in [1.165, 1.54) is 12.5 Å². The molecule has 0 bridgehead atoms. The number of aromatic nitrogens is 2. The molecule has 1 aliphatic carbocycles. The molecule has 0 atom stereocenters. The number of aryl methyl sites for hydroxylation is 1. The predicted octanol–water partition coefficient (Wildman–Crippen LogP) is 2.07. The molecule has 2 N–H and O–H groups in total. The summed E-state index contributed by atoms with van der Waals surface area (Å²) in [5.41, 5.74) is -0.00342. The van der Waals surface area contributed by atoms with Gasteiger partial charge in [-0.1, -0.05) is 24.4 Å². The molecule has 2 heterocycles. The Bertz CT molecular complexity index is 630. The number of amides is 1. The Kier molecular flexibility index (Phi) is 4.76. The molecule has 0 saturated heterocycles. The fourth-order valence-corrected chi connectivity index (χ4v) is 2.82. The third-order valence-corrected chi connectivity index (χ3v) is 4.21. The molecule has 2 aromatic heterocycles. The molecular weight excluding hydrogens is 298 g/mol. The summed E-state index contributed by atoms with van der Waals surface area (Å²) in [5, 5.41) is 17.0. The molecule has 2 aromatic rings. The first-order valence-corrected chi connectivity index (χ1v) is 7.99. The minimum absolute atomic E-state index is 0.118. The van der Waals surface area contributed by atoms with Crippen LogP contribution < -0.4 is 5.32 Å². The molecule has 0 spiro atoms. The van der Waals surface area contributed by atoms with E-state index in [1.54, 1.807) is 6.07 Å². The van der Waals surface area contributed by atoms with Crippen molar-refractivity contribution >= 4 is 5.91 Å². The lowest BCUT2D eigenvalue weighted by Crippen LogP contribution is -2.44. The highest BCUT2D eigenvalue weighted by Crippen LogP contribution is 2.27. The Morgan fingerprint density at radius 2 is 2.17 bits per heavy atom. The summed E-state index contributed by atoms with van der Waals surface area (Å²) in [6.45, 7) is 0.315. The number of hydrogen-bond acceptors (Lipinski definition) is 6. The van der Waals surface area contributed by atoms with Gasteiger partial charge >= 0.3 is 0 Å². The average Bonchev–Trinajstić information content (AvgIpc) is 3.23. The molecule has 1 amide bonds. The van der Waals surface area contributed by atoms with Crippen molar-refractivity contribution in [3.63, 3.8) is 0 Å². The third kappa shape index (κ3) is 4.19. The van der Waals surface area contributed by atoms with Gasteiger partial charge in [-0.15, -0.1) is 0 Å². The van der Waals surface area contributed by atoms with Crippen LogP contribution in [0.3, 0.4) is 0 Å². The number of rotatable bonds is 6. The lowest BCUT2D eigenvalue weighted by molar-refractivity contribution is -0.122. The van der Waals surface area contributed by atoms with Crippen LogP contribution in [0.25, 0.3) is 11.4 Å². The fourth-order valence-electron chi connectivity index (χ4n) is 2.82. The zero-order chi connectivity index (χ0) is 16.1. The highest BCUT2D eigenvalue weighted by Gasteiger charge is 2.29. The van der Waals surface area contributed by atoms with Crippen LogP contribution >= 0.6 is 0 Å². The molecule has 1 fully saturated rings. The van der Waals surface area contributed by atoms with Gasteiger partial charge in [-0.2, -0.15) is 4.98 Å². The first kappa shape index (κ1) is 15.7. The van der Waals surface area contributed by atoms with Gasteiger partial charge in [-0.05, 0) is 18.9 Å². The molecule has 1 saturated carbocycles. The standard InChI is InChI=1S/C16H21N3O4/c20-13(17-11-16(21)7-2-1-3-8-16)4-5-14-18-15(19-23-14)12-6-9-22-10-12/h6,9-10,21H,1-5,7-8,11H2,(H,17,20). The number of furan rings is 1. The van der Waals surface area contributed by atoms with Gasteiger partial charge in [-0.3, -0.25) is 4.79 Å². The number of carbonyl (C=O) groups is 1. The van der Waals surface area contributed by atoms with Gasteiger partial charge in [0, 0.05) is 19.4 Å². The summed E-state index contributed by atoms with van der Waals surface area (Å²) in [7, 11) is 0. The van der Waals surface area contributed by atoms with Crippen molar-refractivity contribution in [2.24, 2.45) is 0 Å². The normalized spacial score (nSPS) is 17.1. The summed E-state index contributed by atoms with van der Waals surface area (Å²) in [4.78, 5) is 16.1. The van der Waals surface area contributed by atoms with Crippen molar-refractivity contribution in [2.75, 3.05) is 6.54 Å². The van der Waals surface area contributed by atoms with E-state index >= 15 is 0 Å². The molecule has 0 aliphatic heterocycles. The number of hydrogen-bond donors (Lipinski definition) is 2. The van der Waals surface area contributed by atoms with Crippen LogP contribution in [0.1, 0.15) is 44.4 Å². The van der Waals surface area contributed by atoms with Gasteiger partial charge in [0.15, 0.2) is 0 Å². The van der Waals surface area contributed by atoms with E-state index in [9.17, 15) is 9.90 Å². The minimum atomic E-state index is -0.743. The van der Waals surface area contributed by atoms with Gasteiger partial charge in [0.1, 0.15) is 6.26 Å². The van der Waals surface area contributed by atoms with Gasteiger partial charge in [0.05, 0.1) is 17.4 Å². The highest BCUT2D eigenvalue weighted by molar-refractivity contribution is 5.76. The Labute approximate surface area is 134 Å². The summed E-state index contributed by atoms with van der Waals surface area (Å²) < 4.78 is 10.1. The maximum atomic E-state index is 11.9. The van der Waals surface area contributed by atoms with Gasteiger partial charge in [0.2, 0.25) is 17.6 Å². The van der Waals surface area contributed by atoms with Gasteiger partial charge in [0.25, 0.3) is 0 Å². The molecule has 124 valence electrons. The largest absolute Gasteiger partial charge is 0.472 e. The van der Waals surface area contributed by atoms with Crippen LogP contribution in [0.2, 0.25) is 0 Å². The molecule has 7 nitrogen and oxygen atoms in total. The predicted molar refractivity (Wildman–Crippen MR) is 81.4 cm³/mol. The second kappa shape index (κ2) is 6.95. The molecular formula is C16H21N3O4. The van der Waals surface area contributed by atoms with Crippen molar-refractivity contribution in [1.29, 1.82) is 0 Å². The van der Waals surface area contributed by atoms with Crippen molar-refractivity contribution in [3.8, 4) is 11.4 Å². The Hall–Kier alpha value is -2.15. The summed E-state index contributed by atoms with van der Waals surface area (Å²) in [6, 6.07) is 1.74. The topological polar surface area (TPSA) is 101 Å². The number of aliphatic hydroxyl groups is 1. The Balaban J connectivity index is 1.44. The van der Waals surface area contributed by atoms with Crippen molar-refractivity contribution < 1.29 is 18.8 Å². The molecule has 0 unspecified atom stereocenters. The average molecular weight is 319 g/mol. The van der Waals surface area contributed by atoms with Crippen LogP contribution in [-0.4, -0.2) is 33.3 Å². The second-order valence-electron chi connectivity index (χ2n) is 6.09. The first-order valence-electron chi connectivity index (χ1n) is 7.99. The second-order valence-corrected chi connectivity index (χ2v) is 6.09. The molecule has 1 aliphatic rings. The van der Waals surface area contributed by atoms with Gasteiger partial charge < -0.3 is 19.4 Å². The van der Waals surface area contributed by atoms with Crippen LogP contribution in [0, 0.1) is 0 Å². The van der Waals surface area contributed by atoms with Crippen LogP contribution in [0.15, 0.2) is 27.5 Å². The maximum Gasteiger partial charge on any atom is 0.227 e.